The van der Waals surface area contributed by atoms with Gasteiger partial charge in [0.05, 0.1) is 7.11 Å². The Bertz CT molecular complexity index is 753. The summed E-state index contributed by atoms with van der Waals surface area (Å²) in [4.78, 5) is 14.7. The van der Waals surface area contributed by atoms with Crippen LogP contribution in [0.3, 0.4) is 0 Å². The summed E-state index contributed by atoms with van der Waals surface area (Å²) in [5, 5.41) is 5.88. The lowest BCUT2D eigenvalue weighted by Crippen LogP contribution is -2.38. The first-order chi connectivity index (χ1) is 14.2. The van der Waals surface area contributed by atoms with Crippen molar-refractivity contribution >= 4 is 11.7 Å². The van der Waals surface area contributed by atoms with Crippen LogP contribution >= 0.6 is 0 Å². The third-order valence-electron chi connectivity index (χ3n) is 5.66. The summed E-state index contributed by atoms with van der Waals surface area (Å²) >= 11 is 0. The van der Waals surface area contributed by atoms with Gasteiger partial charge in [-0.25, -0.2) is 4.79 Å². The van der Waals surface area contributed by atoms with E-state index in [0.29, 0.717) is 12.6 Å². The van der Waals surface area contributed by atoms with E-state index in [9.17, 15) is 4.79 Å². The molecule has 1 atom stereocenters. The van der Waals surface area contributed by atoms with Gasteiger partial charge in [0.15, 0.2) is 0 Å². The zero-order chi connectivity index (χ0) is 20.5. The minimum absolute atomic E-state index is 0.146. The quantitative estimate of drug-likeness (QED) is 0.609. The van der Waals surface area contributed by atoms with Gasteiger partial charge in [0.25, 0.3) is 0 Å². The van der Waals surface area contributed by atoms with Gasteiger partial charge < -0.3 is 20.3 Å². The number of nitrogens with zero attached hydrogens (tertiary/aromatic N) is 1. The normalized spacial score (nSPS) is 15.5. The average molecular weight is 396 g/mol. The number of urea groups is 1. The molecular weight excluding hydrogens is 362 g/mol. The van der Waals surface area contributed by atoms with Gasteiger partial charge >= 0.3 is 6.03 Å². The number of benzene rings is 2. The van der Waals surface area contributed by atoms with Crippen molar-refractivity contribution in [1.82, 2.24) is 10.2 Å². The monoisotopic (exact) mass is 395 g/mol. The van der Waals surface area contributed by atoms with Crippen molar-refractivity contribution in [3.63, 3.8) is 0 Å². The van der Waals surface area contributed by atoms with Crippen molar-refractivity contribution in [3.05, 3.63) is 48.5 Å². The van der Waals surface area contributed by atoms with E-state index in [1.54, 1.807) is 7.11 Å². The molecule has 2 amide bonds. The number of carbonyl (C=O) groups is 1. The molecule has 156 valence electrons. The maximum atomic E-state index is 12.1. The highest BCUT2D eigenvalue weighted by atomic mass is 16.5. The molecule has 0 radical (unpaired) electrons. The molecule has 0 bridgehead atoms. The largest absolute Gasteiger partial charge is 0.497 e. The van der Waals surface area contributed by atoms with E-state index in [0.717, 1.165) is 35.4 Å². The molecule has 2 aromatic carbocycles. The molecule has 5 heteroatoms. The second-order valence-corrected chi connectivity index (χ2v) is 7.77. The first-order valence-corrected chi connectivity index (χ1v) is 10.7. The summed E-state index contributed by atoms with van der Waals surface area (Å²) in [7, 11) is 1.66. The van der Waals surface area contributed by atoms with Crippen molar-refractivity contribution in [2.75, 3.05) is 32.1 Å². The number of rotatable bonds is 8. The van der Waals surface area contributed by atoms with E-state index in [2.05, 4.69) is 22.5 Å². The van der Waals surface area contributed by atoms with E-state index >= 15 is 0 Å². The molecule has 1 aliphatic heterocycles. The Labute approximate surface area is 174 Å². The summed E-state index contributed by atoms with van der Waals surface area (Å²) in [6.45, 7) is 5.45. The second-order valence-electron chi connectivity index (χ2n) is 7.77. The van der Waals surface area contributed by atoms with Crippen LogP contribution in [0, 0.1) is 0 Å². The standard InChI is InChI=1S/C24H33N3O2/c1-19(27-17-4-3-5-18-27)7-6-16-25-24(28)26-22-12-8-20(9-13-22)21-10-14-23(29-2)15-11-21/h8-15,19H,3-7,16-18H2,1-2H3,(H2,25,26,28). The fraction of sp³-hybridized carbons (Fsp3) is 0.458. The van der Waals surface area contributed by atoms with Crippen LogP contribution in [0.15, 0.2) is 48.5 Å². The molecule has 0 spiro atoms. The molecule has 1 fully saturated rings. The molecule has 3 rings (SSSR count). The summed E-state index contributed by atoms with van der Waals surface area (Å²) in [5.74, 6) is 0.842. The minimum atomic E-state index is -0.146. The lowest BCUT2D eigenvalue weighted by Gasteiger charge is -2.32. The van der Waals surface area contributed by atoms with E-state index in [1.165, 1.54) is 32.4 Å². The van der Waals surface area contributed by atoms with Gasteiger partial charge in [0.2, 0.25) is 0 Å². The van der Waals surface area contributed by atoms with Crippen LogP contribution in [0.1, 0.15) is 39.0 Å². The molecule has 5 nitrogen and oxygen atoms in total. The summed E-state index contributed by atoms with van der Waals surface area (Å²) < 4.78 is 5.20. The molecule has 1 saturated heterocycles. The Morgan fingerprint density at radius 1 is 1.00 bits per heavy atom. The predicted molar refractivity (Wildman–Crippen MR) is 120 cm³/mol. The fourth-order valence-electron chi connectivity index (χ4n) is 3.85. The number of piperidine rings is 1. The Kier molecular flexibility index (Phi) is 7.94. The van der Waals surface area contributed by atoms with Crippen LogP contribution in [0.4, 0.5) is 10.5 Å². The van der Waals surface area contributed by atoms with Crippen LogP contribution in [0.2, 0.25) is 0 Å². The molecule has 29 heavy (non-hydrogen) atoms. The highest BCUT2D eigenvalue weighted by Gasteiger charge is 2.16. The zero-order valence-electron chi connectivity index (χ0n) is 17.6. The zero-order valence-corrected chi connectivity index (χ0v) is 17.6. The third-order valence-corrected chi connectivity index (χ3v) is 5.66. The van der Waals surface area contributed by atoms with Crippen molar-refractivity contribution < 1.29 is 9.53 Å². The molecule has 0 saturated carbocycles. The van der Waals surface area contributed by atoms with Crippen LogP contribution < -0.4 is 15.4 Å². The second kappa shape index (κ2) is 10.9. The lowest BCUT2D eigenvalue weighted by atomic mass is 10.1. The highest BCUT2D eigenvalue weighted by molar-refractivity contribution is 5.89. The first-order valence-electron chi connectivity index (χ1n) is 10.7. The molecular formula is C24H33N3O2. The van der Waals surface area contributed by atoms with Crippen molar-refractivity contribution in [3.8, 4) is 16.9 Å². The van der Waals surface area contributed by atoms with Gasteiger partial charge in [-0.2, -0.15) is 0 Å². The molecule has 2 aromatic rings. The number of amides is 2. The Hall–Kier alpha value is -2.53. The van der Waals surface area contributed by atoms with E-state index < -0.39 is 0 Å². The van der Waals surface area contributed by atoms with E-state index in [1.807, 2.05) is 48.5 Å². The number of hydrogen-bond acceptors (Lipinski definition) is 3. The number of carbonyl (C=O) groups excluding carboxylic acids is 1. The van der Waals surface area contributed by atoms with Gasteiger partial charge in [-0.1, -0.05) is 30.7 Å². The SMILES string of the molecule is COc1ccc(-c2ccc(NC(=O)NCCCC(C)N3CCCCC3)cc2)cc1. The average Bonchev–Trinajstić information content (AvgIpc) is 2.78. The number of nitrogens with one attached hydrogen (secondary N) is 2. The number of likely N-dealkylation sites (tertiary alicyclic amines) is 1. The van der Waals surface area contributed by atoms with Crippen LogP contribution in [0.5, 0.6) is 5.75 Å². The van der Waals surface area contributed by atoms with Gasteiger partial charge in [0, 0.05) is 18.3 Å². The smallest absolute Gasteiger partial charge is 0.319 e. The Balaban J connectivity index is 1.38. The van der Waals surface area contributed by atoms with Gasteiger partial charge in [0.1, 0.15) is 5.75 Å². The number of hydrogen-bond donors (Lipinski definition) is 2. The lowest BCUT2D eigenvalue weighted by molar-refractivity contribution is 0.164. The van der Waals surface area contributed by atoms with Crippen LogP contribution in [-0.2, 0) is 0 Å². The Morgan fingerprint density at radius 3 is 2.24 bits per heavy atom. The molecule has 1 aliphatic rings. The summed E-state index contributed by atoms with van der Waals surface area (Å²) in [6.07, 6.45) is 6.13. The topological polar surface area (TPSA) is 53.6 Å². The first kappa shape index (κ1) is 21.2. The van der Waals surface area contributed by atoms with Gasteiger partial charge in [-0.3, -0.25) is 0 Å². The van der Waals surface area contributed by atoms with E-state index in [-0.39, 0.29) is 6.03 Å². The van der Waals surface area contributed by atoms with Gasteiger partial charge in [-0.15, -0.1) is 0 Å². The van der Waals surface area contributed by atoms with Gasteiger partial charge in [-0.05, 0) is 81.1 Å². The maximum absolute atomic E-state index is 12.1. The van der Waals surface area contributed by atoms with Crippen LogP contribution in [-0.4, -0.2) is 43.7 Å². The predicted octanol–water partition coefficient (Wildman–Crippen LogP) is 5.14. The molecule has 0 aliphatic carbocycles. The van der Waals surface area contributed by atoms with Crippen molar-refractivity contribution in [2.24, 2.45) is 0 Å². The fourth-order valence-corrected chi connectivity index (χ4v) is 3.85. The van der Waals surface area contributed by atoms with Crippen molar-refractivity contribution in [2.45, 2.75) is 45.1 Å². The molecule has 2 N–H and O–H groups in total. The summed E-state index contributed by atoms with van der Waals surface area (Å²) in [6, 6.07) is 16.3. The minimum Gasteiger partial charge on any atom is -0.497 e. The molecule has 1 unspecified atom stereocenters. The molecule has 0 aromatic heterocycles. The third kappa shape index (κ3) is 6.50. The maximum Gasteiger partial charge on any atom is 0.319 e. The van der Waals surface area contributed by atoms with Crippen LogP contribution in [0.25, 0.3) is 11.1 Å². The highest BCUT2D eigenvalue weighted by Crippen LogP contribution is 2.23. The Morgan fingerprint density at radius 2 is 1.62 bits per heavy atom. The molecule has 1 heterocycles. The number of ether oxygens (including phenoxy) is 1. The summed E-state index contributed by atoms with van der Waals surface area (Å²) in [5.41, 5.74) is 3.01. The number of methoxy groups -OCH3 is 1. The number of anilines is 1. The van der Waals surface area contributed by atoms with Crippen molar-refractivity contribution in [1.29, 1.82) is 0 Å². The van der Waals surface area contributed by atoms with E-state index in [4.69, 9.17) is 4.74 Å².